The number of rotatable bonds is 8. The van der Waals surface area contributed by atoms with Crippen LogP contribution >= 0.6 is 0 Å². The summed E-state index contributed by atoms with van der Waals surface area (Å²) in [5.74, 6) is 0.147. The number of anilines is 2. The number of benzene rings is 2. The number of amides is 2. The van der Waals surface area contributed by atoms with E-state index in [0.717, 1.165) is 5.39 Å². The minimum atomic E-state index is -0.407. The van der Waals surface area contributed by atoms with Crippen molar-refractivity contribution < 1.29 is 23.0 Å². The molecule has 1 aliphatic rings. The summed E-state index contributed by atoms with van der Waals surface area (Å²) in [5.41, 5.74) is 2.53. The first-order valence-electron chi connectivity index (χ1n) is 13.1. The highest BCUT2D eigenvalue weighted by Gasteiger charge is 2.24. The second kappa shape index (κ2) is 11.5. The number of piperazine rings is 1. The Morgan fingerprint density at radius 1 is 0.951 bits per heavy atom. The van der Waals surface area contributed by atoms with Gasteiger partial charge in [0.05, 0.1) is 24.3 Å². The van der Waals surface area contributed by atoms with Crippen LogP contribution in [0, 0.1) is 5.82 Å². The van der Waals surface area contributed by atoms with Gasteiger partial charge in [-0.15, -0.1) is 0 Å². The fraction of sp³-hybridized carbons (Fsp3) is 0.207. The van der Waals surface area contributed by atoms with Crippen molar-refractivity contribution in [3.05, 3.63) is 90.3 Å². The number of nitrogens with one attached hydrogen (secondary N) is 2. The van der Waals surface area contributed by atoms with E-state index in [1.165, 1.54) is 12.3 Å². The molecule has 0 saturated carbocycles. The van der Waals surface area contributed by atoms with Crippen LogP contribution in [0.5, 0.6) is 0 Å². The molecule has 4 heterocycles. The average Bonchev–Trinajstić information content (AvgIpc) is 3.71. The standard InChI is InChI=1S/C29H26FN7O4/c30-22-15-20(25-16-21(41-34-25)17-31-27-9-14-40-35-27)6-8-26(22)36-10-12-37(13-11-36)28(38)18-32-29(39)24-7-5-19-3-1-2-4-23(19)33-24/h1-9,14-16H,10-13,17-18H2,(H,31,35)(H,32,39). The molecule has 11 nitrogen and oxygen atoms in total. The van der Waals surface area contributed by atoms with Gasteiger partial charge in [0.1, 0.15) is 23.5 Å². The third-order valence-electron chi connectivity index (χ3n) is 6.89. The fourth-order valence-electron chi connectivity index (χ4n) is 4.68. The van der Waals surface area contributed by atoms with Gasteiger partial charge in [-0.1, -0.05) is 40.6 Å². The quantitative estimate of drug-likeness (QED) is 0.294. The molecule has 2 aromatic carbocycles. The Bertz CT molecular complexity index is 1680. The lowest BCUT2D eigenvalue weighted by molar-refractivity contribution is -0.130. The summed E-state index contributed by atoms with van der Waals surface area (Å²) in [5, 5.41) is 14.4. The number of pyridine rings is 1. The predicted octanol–water partition coefficient (Wildman–Crippen LogP) is 3.71. The van der Waals surface area contributed by atoms with Gasteiger partial charge in [0.25, 0.3) is 5.91 Å². The molecule has 2 amide bonds. The van der Waals surface area contributed by atoms with E-state index >= 15 is 4.39 Å². The van der Waals surface area contributed by atoms with Gasteiger partial charge in [0.2, 0.25) is 5.91 Å². The predicted molar refractivity (Wildman–Crippen MR) is 149 cm³/mol. The van der Waals surface area contributed by atoms with Crippen molar-refractivity contribution in [1.29, 1.82) is 0 Å². The van der Waals surface area contributed by atoms with E-state index in [9.17, 15) is 9.59 Å². The van der Waals surface area contributed by atoms with Crippen LogP contribution in [0.3, 0.4) is 0 Å². The van der Waals surface area contributed by atoms with Gasteiger partial charge < -0.3 is 29.5 Å². The van der Waals surface area contributed by atoms with Crippen LogP contribution in [0.2, 0.25) is 0 Å². The Morgan fingerprint density at radius 3 is 2.61 bits per heavy atom. The summed E-state index contributed by atoms with van der Waals surface area (Å²) in [4.78, 5) is 33.2. The van der Waals surface area contributed by atoms with Gasteiger partial charge in [-0.25, -0.2) is 9.37 Å². The Morgan fingerprint density at radius 2 is 1.80 bits per heavy atom. The summed E-state index contributed by atoms with van der Waals surface area (Å²) in [6.45, 7) is 1.97. The van der Waals surface area contributed by atoms with Gasteiger partial charge in [0, 0.05) is 49.3 Å². The molecular weight excluding hydrogens is 529 g/mol. The smallest absolute Gasteiger partial charge is 0.270 e. The molecule has 6 rings (SSSR count). The molecule has 2 N–H and O–H groups in total. The first-order chi connectivity index (χ1) is 20.0. The van der Waals surface area contributed by atoms with Crippen molar-refractivity contribution >= 4 is 34.2 Å². The summed E-state index contributed by atoms with van der Waals surface area (Å²) in [7, 11) is 0. The fourth-order valence-corrected chi connectivity index (χ4v) is 4.68. The van der Waals surface area contributed by atoms with Crippen LogP contribution in [0.4, 0.5) is 15.9 Å². The number of carbonyl (C=O) groups excluding carboxylic acids is 2. The second-order valence-corrected chi connectivity index (χ2v) is 9.52. The molecule has 0 unspecified atom stereocenters. The normalized spacial score (nSPS) is 13.4. The molecule has 0 radical (unpaired) electrons. The maximum atomic E-state index is 15.1. The SMILES string of the molecule is O=C(NCC(=O)N1CCN(c2ccc(-c3cc(CNc4ccon4)on3)cc2F)CC1)c1ccc2ccccc2n1. The molecule has 1 fully saturated rings. The largest absolute Gasteiger partial charge is 0.366 e. The molecule has 0 atom stereocenters. The van der Waals surface area contributed by atoms with Gasteiger partial charge in [-0.05, 0) is 24.3 Å². The summed E-state index contributed by atoms with van der Waals surface area (Å²) < 4.78 is 25.2. The van der Waals surface area contributed by atoms with Crippen molar-refractivity contribution in [2.45, 2.75) is 6.54 Å². The van der Waals surface area contributed by atoms with Crippen LogP contribution in [0.1, 0.15) is 16.2 Å². The van der Waals surface area contributed by atoms with Gasteiger partial charge >= 0.3 is 0 Å². The monoisotopic (exact) mass is 555 g/mol. The molecule has 1 aliphatic heterocycles. The number of hydrogen-bond acceptors (Lipinski definition) is 9. The number of fused-ring (bicyclic) bond motifs is 1. The van der Waals surface area contributed by atoms with E-state index in [0.29, 0.717) is 66.8 Å². The highest BCUT2D eigenvalue weighted by Crippen LogP contribution is 2.27. The number of aromatic nitrogens is 3. The lowest BCUT2D eigenvalue weighted by Crippen LogP contribution is -2.51. The molecule has 12 heteroatoms. The van der Waals surface area contributed by atoms with E-state index < -0.39 is 5.91 Å². The van der Waals surface area contributed by atoms with Crippen LogP contribution in [-0.4, -0.2) is 64.7 Å². The molecule has 41 heavy (non-hydrogen) atoms. The van der Waals surface area contributed by atoms with Gasteiger partial charge in [-0.2, -0.15) is 0 Å². The van der Waals surface area contributed by atoms with Crippen molar-refractivity contribution in [2.24, 2.45) is 0 Å². The molecular formula is C29H26FN7O4. The Kier molecular flexibility index (Phi) is 7.27. The van der Waals surface area contributed by atoms with E-state index in [4.69, 9.17) is 9.05 Å². The lowest BCUT2D eigenvalue weighted by Gasteiger charge is -2.36. The third-order valence-corrected chi connectivity index (χ3v) is 6.89. The number of nitrogens with zero attached hydrogens (tertiary/aromatic N) is 5. The highest BCUT2D eigenvalue weighted by molar-refractivity contribution is 5.96. The number of halogens is 1. The summed E-state index contributed by atoms with van der Waals surface area (Å²) in [6, 6.07) is 19.3. The van der Waals surface area contributed by atoms with E-state index in [1.807, 2.05) is 35.2 Å². The molecule has 208 valence electrons. The highest BCUT2D eigenvalue weighted by atomic mass is 19.1. The van der Waals surface area contributed by atoms with E-state index in [-0.39, 0.29) is 24.0 Å². The maximum Gasteiger partial charge on any atom is 0.270 e. The first kappa shape index (κ1) is 26.0. The van der Waals surface area contributed by atoms with Crippen molar-refractivity contribution in [3.63, 3.8) is 0 Å². The minimum Gasteiger partial charge on any atom is -0.366 e. The minimum absolute atomic E-state index is 0.135. The molecule has 0 bridgehead atoms. The zero-order chi connectivity index (χ0) is 28.2. The third kappa shape index (κ3) is 5.86. The van der Waals surface area contributed by atoms with Crippen molar-refractivity contribution in [2.75, 3.05) is 42.9 Å². The Labute approximate surface area is 233 Å². The summed E-state index contributed by atoms with van der Waals surface area (Å²) in [6.07, 6.45) is 1.46. The van der Waals surface area contributed by atoms with Gasteiger partial charge in [-0.3, -0.25) is 9.59 Å². The second-order valence-electron chi connectivity index (χ2n) is 9.52. The van der Waals surface area contributed by atoms with Crippen molar-refractivity contribution in [1.82, 2.24) is 25.5 Å². The van der Waals surface area contributed by atoms with Crippen LogP contribution < -0.4 is 15.5 Å². The number of hydrogen-bond donors (Lipinski definition) is 2. The van der Waals surface area contributed by atoms with E-state index in [2.05, 4.69) is 25.9 Å². The molecule has 0 aliphatic carbocycles. The zero-order valence-corrected chi connectivity index (χ0v) is 21.9. The lowest BCUT2D eigenvalue weighted by atomic mass is 10.1. The van der Waals surface area contributed by atoms with Crippen LogP contribution in [0.25, 0.3) is 22.2 Å². The number of para-hydroxylation sites is 1. The zero-order valence-electron chi connectivity index (χ0n) is 21.9. The van der Waals surface area contributed by atoms with E-state index in [1.54, 1.807) is 35.2 Å². The van der Waals surface area contributed by atoms with Crippen LogP contribution in [0.15, 0.2) is 82.0 Å². The molecule has 1 saturated heterocycles. The Balaban J connectivity index is 1.00. The molecule has 3 aromatic heterocycles. The topological polar surface area (TPSA) is 130 Å². The van der Waals surface area contributed by atoms with Crippen molar-refractivity contribution in [3.8, 4) is 11.3 Å². The average molecular weight is 556 g/mol. The number of carbonyl (C=O) groups is 2. The first-order valence-corrected chi connectivity index (χ1v) is 13.1. The van der Waals surface area contributed by atoms with Crippen LogP contribution in [-0.2, 0) is 11.3 Å². The molecule has 5 aromatic rings. The molecule has 0 spiro atoms. The van der Waals surface area contributed by atoms with Gasteiger partial charge in [0.15, 0.2) is 11.6 Å². The summed E-state index contributed by atoms with van der Waals surface area (Å²) >= 11 is 0. The Hall–Kier alpha value is -5.26. The maximum absolute atomic E-state index is 15.1.